The second-order valence-electron chi connectivity index (χ2n) is 4.33. The van der Waals surface area contributed by atoms with Crippen molar-refractivity contribution < 1.29 is 9.84 Å². The first kappa shape index (κ1) is 12.8. The average Bonchev–Trinajstić information content (AvgIpc) is 2.76. The van der Waals surface area contributed by atoms with Gasteiger partial charge in [0.05, 0.1) is 31.6 Å². The summed E-state index contributed by atoms with van der Waals surface area (Å²) in [5.41, 5.74) is 2.06. The third-order valence-corrected chi connectivity index (χ3v) is 2.59. The smallest absolute Gasteiger partial charge is 0.0969 e. The van der Waals surface area contributed by atoms with E-state index in [0.29, 0.717) is 19.8 Å². The van der Waals surface area contributed by atoms with Crippen LogP contribution in [-0.2, 0) is 17.9 Å². The second kappa shape index (κ2) is 6.33. The largest absolute Gasteiger partial charge is 0.389 e. The van der Waals surface area contributed by atoms with E-state index in [0.717, 1.165) is 11.3 Å². The number of aliphatic hydroxyl groups excluding tert-OH is 1. The monoisotopic (exact) mass is 246 g/mol. The first-order chi connectivity index (χ1) is 8.74. The zero-order chi connectivity index (χ0) is 12.8. The molecular weight excluding hydrogens is 228 g/mol. The van der Waals surface area contributed by atoms with Gasteiger partial charge in [-0.2, -0.15) is 5.10 Å². The molecular formula is C14H18N2O2. The van der Waals surface area contributed by atoms with Gasteiger partial charge in [-0.05, 0) is 18.6 Å². The minimum Gasteiger partial charge on any atom is -0.389 e. The highest BCUT2D eigenvalue weighted by Crippen LogP contribution is 2.02. The predicted octanol–water partition coefficient (Wildman–Crippen LogP) is 1.77. The van der Waals surface area contributed by atoms with E-state index in [1.54, 1.807) is 4.68 Å². The number of hydrogen-bond acceptors (Lipinski definition) is 3. The van der Waals surface area contributed by atoms with Gasteiger partial charge >= 0.3 is 0 Å². The summed E-state index contributed by atoms with van der Waals surface area (Å²) in [6.45, 7) is 3.22. The van der Waals surface area contributed by atoms with Gasteiger partial charge in [-0.1, -0.05) is 30.3 Å². The first-order valence-corrected chi connectivity index (χ1v) is 6.04. The SMILES string of the molecule is Cc1ccn(CC(O)COCc2ccccc2)n1. The summed E-state index contributed by atoms with van der Waals surface area (Å²) in [6, 6.07) is 11.8. The van der Waals surface area contributed by atoms with Crippen LogP contribution in [0.3, 0.4) is 0 Å². The number of aliphatic hydroxyl groups is 1. The predicted molar refractivity (Wildman–Crippen MR) is 69.1 cm³/mol. The molecule has 1 N–H and O–H groups in total. The van der Waals surface area contributed by atoms with Gasteiger partial charge in [-0.25, -0.2) is 0 Å². The van der Waals surface area contributed by atoms with Gasteiger partial charge in [0.1, 0.15) is 0 Å². The third-order valence-electron chi connectivity index (χ3n) is 2.59. The quantitative estimate of drug-likeness (QED) is 0.845. The lowest BCUT2D eigenvalue weighted by atomic mass is 10.2. The lowest BCUT2D eigenvalue weighted by Gasteiger charge is -2.11. The Kier molecular flexibility index (Phi) is 4.50. The average molecular weight is 246 g/mol. The Morgan fingerprint density at radius 3 is 2.72 bits per heavy atom. The Hall–Kier alpha value is -1.65. The van der Waals surface area contributed by atoms with E-state index >= 15 is 0 Å². The molecule has 18 heavy (non-hydrogen) atoms. The maximum absolute atomic E-state index is 9.80. The van der Waals surface area contributed by atoms with E-state index in [1.807, 2.05) is 49.5 Å². The van der Waals surface area contributed by atoms with Crippen molar-refractivity contribution in [2.75, 3.05) is 6.61 Å². The number of benzene rings is 1. The van der Waals surface area contributed by atoms with E-state index in [1.165, 1.54) is 0 Å². The number of rotatable bonds is 6. The molecule has 1 heterocycles. The summed E-state index contributed by atoms with van der Waals surface area (Å²) in [7, 11) is 0. The molecule has 1 aromatic carbocycles. The summed E-state index contributed by atoms with van der Waals surface area (Å²) in [5.74, 6) is 0. The number of aromatic nitrogens is 2. The van der Waals surface area contributed by atoms with Crippen molar-refractivity contribution in [3.63, 3.8) is 0 Å². The molecule has 2 aromatic rings. The van der Waals surface area contributed by atoms with Crippen LogP contribution in [0, 0.1) is 6.92 Å². The summed E-state index contributed by atoms with van der Waals surface area (Å²) >= 11 is 0. The summed E-state index contributed by atoms with van der Waals surface area (Å²) < 4.78 is 7.20. The minimum atomic E-state index is -0.534. The zero-order valence-corrected chi connectivity index (χ0v) is 10.5. The molecule has 0 bridgehead atoms. The zero-order valence-electron chi connectivity index (χ0n) is 10.5. The van der Waals surface area contributed by atoms with Crippen molar-refractivity contribution in [3.8, 4) is 0 Å². The van der Waals surface area contributed by atoms with Gasteiger partial charge in [0.15, 0.2) is 0 Å². The van der Waals surface area contributed by atoms with Gasteiger partial charge < -0.3 is 9.84 Å². The van der Waals surface area contributed by atoms with Crippen LogP contribution in [0.4, 0.5) is 0 Å². The van der Waals surface area contributed by atoms with E-state index in [2.05, 4.69) is 5.10 Å². The molecule has 4 nitrogen and oxygen atoms in total. The summed E-state index contributed by atoms with van der Waals surface area (Å²) in [4.78, 5) is 0. The molecule has 0 aliphatic heterocycles. The topological polar surface area (TPSA) is 47.3 Å². The standard InChI is InChI=1S/C14H18N2O2/c1-12-7-8-16(15-12)9-14(17)11-18-10-13-5-3-2-4-6-13/h2-8,14,17H,9-11H2,1H3. The van der Waals surface area contributed by atoms with Gasteiger partial charge in [-0.3, -0.25) is 4.68 Å². The number of nitrogens with zero attached hydrogens (tertiary/aromatic N) is 2. The van der Waals surface area contributed by atoms with Crippen LogP contribution in [0.5, 0.6) is 0 Å². The number of aryl methyl sites for hydroxylation is 1. The highest BCUT2D eigenvalue weighted by molar-refractivity contribution is 5.13. The lowest BCUT2D eigenvalue weighted by molar-refractivity contribution is 0.0187. The fraction of sp³-hybridized carbons (Fsp3) is 0.357. The molecule has 0 saturated heterocycles. The maximum Gasteiger partial charge on any atom is 0.0969 e. The van der Waals surface area contributed by atoms with Crippen LogP contribution in [0.1, 0.15) is 11.3 Å². The molecule has 0 spiro atoms. The molecule has 4 heteroatoms. The Labute approximate surface area is 107 Å². The van der Waals surface area contributed by atoms with Crippen LogP contribution in [0.2, 0.25) is 0 Å². The van der Waals surface area contributed by atoms with Crippen molar-refractivity contribution in [1.82, 2.24) is 9.78 Å². The summed E-state index contributed by atoms with van der Waals surface area (Å²) in [6.07, 6.45) is 1.32. The minimum absolute atomic E-state index is 0.313. The lowest BCUT2D eigenvalue weighted by Crippen LogP contribution is -2.22. The van der Waals surface area contributed by atoms with Crippen molar-refractivity contribution >= 4 is 0 Å². The Balaban J connectivity index is 1.70. The first-order valence-electron chi connectivity index (χ1n) is 6.04. The van der Waals surface area contributed by atoms with Crippen molar-refractivity contribution in [2.45, 2.75) is 26.2 Å². The van der Waals surface area contributed by atoms with Gasteiger partial charge in [0, 0.05) is 6.20 Å². The van der Waals surface area contributed by atoms with E-state index in [-0.39, 0.29) is 0 Å². The van der Waals surface area contributed by atoms with Crippen molar-refractivity contribution in [3.05, 3.63) is 53.9 Å². The van der Waals surface area contributed by atoms with Gasteiger partial charge in [0.2, 0.25) is 0 Å². The Morgan fingerprint density at radius 1 is 1.28 bits per heavy atom. The normalized spacial score (nSPS) is 12.6. The molecule has 0 radical (unpaired) electrons. The second-order valence-corrected chi connectivity index (χ2v) is 4.33. The molecule has 0 aliphatic rings. The van der Waals surface area contributed by atoms with Crippen LogP contribution in [0.25, 0.3) is 0 Å². The van der Waals surface area contributed by atoms with Crippen LogP contribution >= 0.6 is 0 Å². The number of ether oxygens (including phenoxy) is 1. The third kappa shape index (κ3) is 3.98. The molecule has 2 rings (SSSR count). The Bertz CT molecular complexity index is 468. The van der Waals surface area contributed by atoms with Gasteiger partial charge in [0.25, 0.3) is 0 Å². The van der Waals surface area contributed by atoms with Crippen LogP contribution < -0.4 is 0 Å². The molecule has 1 atom stereocenters. The van der Waals surface area contributed by atoms with E-state index in [4.69, 9.17) is 4.74 Å². The number of hydrogen-bond donors (Lipinski definition) is 1. The molecule has 1 aromatic heterocycles. The van der Waals surface area contributed by atoms with E-state index < -0.39 is 6.10 Å². The van der Waals surface area contributed by atoms with Gasteiger partial charge in [-0.15, -0.1) is 0 Å². The highest BCUT2D eigenvalue weighted by atomic mass is 16.5. The maximum atomic E-state index is 9.80. The fourth-order valence-electron chi connectivity index (χ4n) is 1.72. The molecule has 0 fully saturated rings. The molecule has 0 saturated carbocycles. The summed E-state index contributed by atoms with van der Waals surface area (Å²) in [5, 5.41) is 14.0. The molecule has 0 aliphatic carbocycles. The van der Waals surface area contributed by atoms with Crippen molar-refractivity contribution in [2.24, 2.45) is 0 Å². The highest BCUT2D eigenvalue weighted by Gasteiger charge is 2.06. The fourth-order valence-corrected chi connectivity index (χ4v) is 1.72. The van der Waals surface area contributed by atoms with Crippen LogP contribution in [-0.4, -0.2) is 27.6 Å². The Morgan fingerprint density at radius 2 is 2.06 bits per heavy atom. The van der Waals surface area contributed by atoms with Crippen molar-refractivity contribution in [1.29, 1.82) is 0 Å². The van der Waals surface area contributed by atoms with E-state index in [9.17, 15) is 5.11 Å². The van der Waals surface area contributed by atoms with Crippen LogP contribution in [0.15, 0.2) is 42.6 Å². The molecule has 96 valence electrons. The molecule has 1 unspecified atom stereocenters. The molecule has 0 amide bonds.